The van der Waals surface area contributed by atoms with Crippen LogP contribution in [0.25, 0.3) is 46.1 Å². The van der Waals surface area contributed by atoms with Crippen LogP contribution in [0.1, 0.15) is 29.2 Å². The van der Waals surface area contributed by atoms with Gasteiger partial charge in [0.05, 0.1) is 9.85 Å². The van der Waals surface area contributed by atoms with Crippen LogP contribution in [-0.2, 0) is 6.54 Å². The van der Waals surface area contributed by atoms with Crippen molar-refractivity contribution in [2.75, 3.05) is 0 Å². The highest BCUT2D eigenvalue weighted by Gasteiger charge is 2.10. The quantitative estimate of drug-likeness (QED) is 0.132. The van der Waals surface area contributed by atoms with Crippen LogP contribution in [-0.4, -0.2) is 14.4 Å². The Kier molecular flexibility index (Phi) is 6.34. The van der Waals surface area contributed by atoms with Gasteiger partial charge in [-0.1, -0.05) is 36.4 Å². The van der Waals surface area contributed by atoms with Gasteiger partial charge in [-0.25, -0.2) is 0 Å². The number of nitro groups is 2. The normalized spacial score (nSPS) is 11.7. The van der Waals surface area contributed by atoms with Crippen molar-refractivity contribution in [3.05, 3.63) is 127 Å². The van der Waals surface area contributed by atoms with Crippen molar-refractivity contribution in [1.29, 1.82) is 0 Å². The molecule has 0 aliphatic rings. The Labute approximate surface area is 212 Å². The average Bonchev–Trinajstić information content (AvgIpc) is 3.23. The molecule has 0 radical (unpaired) electrons. The minimum atomic E-state index is -0.402. The number of hydrogen-bond acceptors (Lipinski definition) is 4. The molecule has 7 nitrogen and oxygen atoms in total. The molecule has 0 saturated carbocycles. The van der Waals surface area contributed by atoms with Gasteiger partial charge in [0.25, 0.3) is 11.4 Å². The van der Waals surface area contributed by atoms with Crippen LogP contribution in [0, 0.1) is 20.2 Å². The minimum absolute atomic E-state index is 0.0735. The smallest absolute Gasteiger partial charge is 0.269 e. The fraction of sp³-hybridized carbons (Fsp3) is 0.0667. The fourth-order valence-corrected chi connectivity index (χ4v) is 4.49. The van der Waals surface area contributed by atoms with Gasteiger partial charge < -0.3 is 4.57 Å². The second kappa shape index (κ2) is 9.91. The van der Waals surface area contributed by atoms with Crippen molar-refractivity contribution in [3.63, 3.8) is 0 Å². The van der Waals surface area contributed by atoms with E-state index in [4.69, 9.17) is 0 Å². The molecule has 37 heavy (non-hydrogen) atoms. The van der Waals surface area contributed by atoms with E-state index in [0.29, 0.717) is 0 Å². The maximum absolute atomic E-state index is 10.9. The lowest BCUT2D eigenvalue weighted by Gasteiger charge is -2.03. The molecule has 0 bridgehead atoms. The van der Waals surface area contributed by atoms with Gasteiger partial charge in [0.1, 0.15) is 0 Å². The van der Waals surface area contributed by atoms with E-state index in [9.17, 15) is 20.2 Å². The van der Waals surface area contributed by atoms with Crippen LogP contribution in [0.3, 0.4) is 0 Å². The predicted octanol–water partition coefficient (Wildman–Crippen LogP) is 7.97. The van der Waals surface area contributed by atoms with E-state index in [2.05, 4.69) is 47.9 Å². The molecule has 0 fully saturated rings. The van der Waals surface area contributed by atoms with Gasteiger partial charge >= 0.3 is 0 Å². The molecule has 0 atom stereocenters. The molecular weight excluding hydrogens is 466 g/mol. The average molecular weight is 490 g/mol. The summed E-state index contributed by atoms with van der Waals surface area (Å²) < 4.78 is 2.29. The summed E-state index contributed by atoms with van der Waals surface area (Å²) >= 11 is 0. The summed E-state index contributed by atoms with van der Waals surface area (Å²) in [6.45, 7) is 2.97. The summed E-state index contributed by atoms with van der Waals surface area (Å²) in [5.41, 5.74) is 6.30. The van der Waals surface area contributed by atoms with Crippen molar-refractivity contribution < 1.29 is 9.85 Å². The molecule has 0 spiro atoms. The highest BCUT2D eigenvalue weighted by atomic mass is 16.6. The maximum Gasteiger partial charge on any atom is 0.269 e. The molecule has 0 aliphatic heterocycles. The molecule has 0 amide bonds. The molecule has 1 heterocycles. The number of non-ortho nitro benzene ring substituents is 2. The van der Waals surface area contributed by atoms with Crippen LogP contribution in [0.2, 0.25) is 0 Å². The highest BCUT2D eigenvalue weighted by Crippen LogP contribution is 2.31. The second-order valence-electron chi connectivity index (χ2n) is 8.66. The number of aryl methyl sites for hydroxylation is 1. The Morgan fingerprint density at radius 2 is 0.946 bits per heavy atom. The Morgan fingerprint density at radius 1 is 0.595 bits per heavy atom. The van der Waals surface area contributed by atoms with E-state index in [0.717, 1.165) is 50.6 Å². The number of fused-ring (bicyclic) bond motifs is 3. The van der Waals surface area contributed by atoms with Gasteiger partial charge in [-0.05, 0) is 77.7 Å². The molecule has 0 saturated heterocycles. The van der Waals surface area contributed by atoms with Crippen LogP contribution in [0.4, 0.5) is 11.4 Å². The lowest BCUT2D eigenvalue weighted by molar-refractivity contribution is -0.385. The first-order valence-corrected chi connectivity index (χ1v) is 11.8. The molecule has 5 rings (SSSR count). The van der Waals surface area contributed by atoms with Gasteiger partial charge in [-0.2, -0.15) is 0 Å². The van der Waals surface area contributed by atoms with Crippen molar-refractivity contribution in [2.24, 2.45) is 0 Å². The third kappa shape index (κ3) is 4.88. The third-order valence-electron chi connectivity index (χ3n) is 6.37. The Morgan fingerprint density at radius 3 is 1.30 bits per heavy atom. The van der Waals surface area contributed by atoms with E-state index in [1.165, 1.54) is 24.3 Å². The molecule has 1 aromatic heterocycles. The van der Waals surface area contributed by atoms with E-state index < -0.39 is 9.85 Å². The first kappa shape index (κ1) is 23.7. The number of benzene rings is 4. The van der Waals surface area contributed by atoms with Gasteiger partial charge in [-0.3, -0.25) is 20.2 Å². The van der Waals surface area contributed by atoms with E-state index in [1.807, 2.05) is 24.3 Å². The van der Waals surface area contributed by atoms with Crippen LogP contribution < -0.4 is 0 Å². The summed E-state index contributed by atoms with van der Waals surface area (Å²) in [5, 5.41) is 24.1. The molecule has 7 heteroatoms. The minimum Gasteiger partial charge on any atom is -0.341 e. The number of nitro benzene ring substituents is 2. The second-order valence-corrected chi connectivity index (χ2v) is 8.66. The van der Waals surface area contributed by atoms with Gasteiger partial charge in [0, 0.05) is 52.6 Å². The molecule has 0 N–H and O–H groups in total. The van der Waals surface area contributed by atoms with Crippen LogP contribution in [0.15, 0.2) is 84.9 Å². The molecule has 5 aromatic rings. The molecule has 0 aliphatic carbocycles. The van der Waals surface area contributed by atoms with Crippen molar-refractivity contribution >= 4 is 57.5 Å². The van der Waals surface area contributed by atoms with E-state index in [-0.39, 0.29) is 11.4 Å². The van der Waals surface area contributed by atoms with Gasteiger partial charge in [0.2, 0.25) is 0 Å². The van der Waals surface area contributed by atoms with Crippen molar-refractivity contribution in [1.82, 2.24) is 4.57 Å². The van der Waals surface area contributed by atoms with E-state index >= 15 is 0 Å². The first-order valence-electron chi connectivity index (χ1n) is 11.8. The SMILES string of the molecule is CCn1c2ccc(C=Cc3ccc([N+](=O)[O-])cc3)cc2c2cc(C=Cc3ccc([N+](=O)[O-])cc3)ccc21. The zero-order valence-corrected chi connectivity index (χ0v) is 20.1. The standard InChI is InChI=1S/C30H23N3O4/c1-2-31-29-17-11-23(5-3-21-7-13-25(14-8-21)32(34)35)19-27(29)28-20-24(12-18-30(28)31)6-4-22-9-15-26(16-10-22)33(36)37/h3-20H,2H2,1H3. The van der Waals surface area contributed by atoms with Gasteiger partial charge in [-0.15, -0.1) is 0 Å². The van der Waals surface area contributed by atoms with Crippen molar-refractivity contribution in [3.8, 4) is 0 Å². The fourth-order valence-electron chi connectivity index (χ4n) is 4.49. The Balaban J connectivity index is 1.48. The summed E-state index contributed by atoms with van der Waals surface area (Å²) in [6, 6.07) is 25.7. The zero-order valence-electron chi connectivity index (χ0n) is 20.1. The Bertz CT molecular complexity index is 1570. The summed E-state index contributed by atoms with van der Waals surface area (Å²) in [5.74, 6) is 0. The number of nitrogens with zero attached hydrogens (tertiary/aromatic N) is 3. The lowest BCUT2D eigenvalue weighted by atomic mass is 10.1. The molecule has 182 valence electrons. The van der Waals surface area contributed by atoms with E-state index in [1.54, 1.807) is 24.3 Å². The highest BCUT2D eigenvalue weighted by molar-refractivity contribution is 6.09. The van der Waals surface area contributed by atoms with Crippen LogP contribution in [0.5, 0.6) is 0 Å². The molecular formula is C30H23N3O4. The molecule has 4 aromatic carbocycles. The summed E-state index contributed by atoms with van der Waals surface area (Å²) in [7, 11) is 0. The number of aromatic nitrogens is 1. The molecule has 0 unspecified atom stereocenters. The first-order chi connectivity index (χ1) is 17.9. The van der Waals surface area contributed by atoms with Gasteiger partial charge in [0.15, 0.2) is 0 Å². The predicted molar refractivity (Wildman–Crippen MR) is 149 cm³/mol. The lowest BCUT2D eigenvalue weighted by Crippen LogP contribution is -1.92. The van der Waals surface area contributed by atoms with Crippen molar-refractivity contribution in [2.45, 2.75) is 13.5 Å². The number of hydrogen-bond donors (Lipinski definition) is 0. The Hall–Kier alpha value is -5.04. The number of rotatable bonds is 7. The topological polar surface area (TPSA) is 91.2 Å². The summed E-state index contributed by atoms with van der Waals surface area (Å²) in [6.07, 6.45) is 7.91. The third-order valence-corrected chi connectivity index (χ3v) is 6.37. The van der Waals surface area contributed by atoms with Crippen LogP contribution >= 0.6 is 0 Å². The zero-order chi connectivity index (χ0) is 25.9. The largest absolute Gasteiger partial charge is 0.341 e. The summed E-state index contributed by atoms with van der Waals surface area (Å²) in [4.78, 5) is 21.0. The maximum atomic E-state index is 10.9. The monoisotopic (exact) mass is 489 g/mol.